The number of benzene rings is 1. The van der Waals surface area contributed by atoms with E-state index in [0.717, 1.165) is 0 Å². The van der Waals surface area contributed by atoms with E-state index in [4.69, 9.17) is 0 Å². The van der Waals surface area contributed by atoms with Crippen LogP contribution in [0.2, 0.25) is 0 Å². The van der Waals surface area contributed by atoms with Gasteiger partial charge in [0.1, 0.15) is 6.04 Å². The van der Waals surface area contributed by atoms with Crippen LogP contribution >= 0.6 is 0 Å². The molecule has 4 heteroatoms. The van der Waals surface area contributed by atoms with E-state index in [1.165, 1.54) is 17.2 Å². The molecule has 0 fully saturated rings. The molecule has 1 N–H and O–H groups in total. The minimum Gasteiger partial charge on any atom is -0.341 e. The molecule has 0 saturated carbocycles. The summed E-state index contributed by atoms with van der Waals surface area (Å²) in [6.45, 7) is 6.28. The van der Waals surface area contributed by atoms with E-state index < -0.39 is 6.04 Å². The number of hydrogen-bond donors (Lipinski definition) is 1. The van der Waals surface area contributed by atoms with Gasteiger partial charge in [-0.25, -0.2) is 0 Å². The molecule has 1 heterocycles. The topological polar surface area (TPSA) is 49.4 Å². The SMILES string of the molecule is C=CC(=O)N[C@@H](C)C(=O)N1Cc2ccccc2C1. The maximum Gasteiger partial charge on any atom is 0.245 e. The van der Waals surface area contributed by atoms with Gasteiger partial charge in [-0.2, -0.15) is 0 Å². The Morgan fingerprint density at radius 1 is 1.33 bits per heavy atom. The Morgan fingerprint density at radius 3 is 2.39 bits per heavy atom. The van der Waals surface area contributed by atoms with E-state index in [1.54, 1.807) is 11.8 Å². The molecule has 0 saturated heterocycles. The molecule has 1 aliphatic rings. The van der Waals surface area contributed by atoms with Crippen molar-refractivity contribution in [3.8, 4) is 0 Å². The van der Waals surface area contributed by atoms with Crippen molar-refractivity contribution in [3.05, 3.63) is 48.0 Å². The molecular formula is C14H16N2O2. The first-order chi connectivity index (χ1) is 8.61. The lowest BCUT2D eigenvalue weighted by atomic mass is 10.1. The van der Waals surface area contributed by atoms with Crippen LogP contribution in [0.25, 0.3) is 0 Å². The number of rotatable bonds is 3. The Bertz CT molecular complexity index is 471. The van der Waals surface area contributed by atoms with Gasteiger partial charge >= 0.3 is 0 Å². The lowest BCUT2D eigenvalue weighted by Gasteiger charge is -2.20. The van der Waals surface area contributed by atoms with E-state index in [9.17, 15) is 9.59 Å². The Hall–Kier alpha value is -2.10. The van der Waals surface area contributed by atoms with Crippen LogP contribution in [-0.2, 0) is 22.7 Å². The smallest absolute Gasteiger partial charge is 0.245 e. The van der Waals surface area contributed by atoms with E-state index in [1.807, 2.05) is 24.3 Å². The second-order valence-corrected chi connectivity index (χ2v) is 4.40. The molecule has 0 aliphatic carbocycles. The molecule has 94 valence electrons. The van der Waals surface area contributed by atoms with Gasteiger partial charge in [-0.1, -0.05) is 30.8 Å². The van der Waals surface area contributed by atoms with Crippen LogP contribution in [0.15, 0.2) is 36.9 Å². The fraction of sp³-hybridized carbons (Fsp3) is 0.286. The summed E-state index contributed by atoms with van der Waals surface area (Å²) in [5, 5.41) is 2.58. The van der Waals surface area contributed by atoms with Crippen molar-refractivity contribution in [2.24, 2.45) is 0 Å². The van der Waals surface area contributed by atoms with Crippen molar-refractivity contribution in [3.63, 3.8) is 0 Å². The fourth-order valence-electron chi connectivity index (χ4n) is 2.10. The van der Waals surface area contributed by atoms with Crippen LogP contribution in [0.5, 0.6) is 0 Å². The van der Waals surface area contributed by atoms with Gasteiger partial charge in [0.25, 0.3) is 0 Å². The van der Waals surface area contributed by atoms with Crippen molar-refractivity contribution in [2.45, 2.75) is 26.1 Å². The van der Waals surface area contributed by atoms with Gasteiger partial charge in [0.15, 0.2) is 0 Å². The lowest BCUT2D eigenvalue weighted by Crippen LogP contribution is -2.44. The molecule has 0 spiro atoms. The molecule has 2 rings (SSSR count). The summed E-state index contributed by atoms with van der Waals surface area (Å²) in [6, 6.07) is 7.46. The highest BCUT2D eigenvalue weighted by Gasteiger charge is 2.26. The molecule has 0 aromatic heterocycles. The first-order valence-corrected chi connectivity index (χ1v) is 5.90. The van der Waals surface area contributed by atoms with Gasteiger partial charge < -0.3 is 10.2 Å². The summed E-state index contributed by atoms with van der Waals surface area (Å²) >= 11 is 0. The average molecular weight is 244 g/mol. The van der Waals surface area contributed by atoms with Gasteiger partial charge in [0.05, 0.1) is 0 Å². The molecule has 1 aromatic rings. The molecule has 4 nitrogen and oxygen atoms in total. The number of carbonyl (C=O) groups is 2. The summed E-state index contributed by atoms with van der Waals surface area (Å²) in [4.78, 5) is 25.1. The molecule has 1 aromatic carbocycles. The normalized spacial score (nSPS) is 14.8. The highest BCUT2D eigenvalue weighted by molar-refractivity contribution is 5.92. The standard InChI is InChI=1S/C14H16N2O2/c1-3-13(17)15-10(2)14(18)16-8-11-6-4-5-7-12(11)9-16/h3-7,10H,1,8-9H2,2H3,(H,15,17)/t10-/m0/s1. The third-order valence-electron chi connectivity index (χ3n) is 3.07. The Morgan fingerprint density at radius 2 is 1.89 bits per heavy atom. The Balaban J connectivity index is 2.00. The maximum absolute atomic E-state index is 12.1. The van der Waals surface area contributed by atoms with Crippen LogP contribution in [0.4, 0.5) is 0 Å². The van der Waals surface area contributed by atoms with Crippen molar-refractivity contribution >= 4 is 11.8 Å². The largest absolute Gasteiger partial charge is 0.341 e. The molecule has 1 aliphatic heterocycles. The zero-order valence-electron chi connectivity index (χ0n) is 10.3. The minimum atomic E-state index is -0.523. The number of hydrogen-bond acceptors (Lipinski definition) is 2. The highest BCUT2D eigenvalue weighted by atomic mass is 16.2. The zero-order valence-corrected chi connectivity index (χ0v) is 10.3. The second-order valence-electron chi connectivity index (χ2n) is 4.40. The van der Waals surface area contributed by atoms with Gasteiger partial charge in [0.2, 0.25) is 11.8 Å². The van der Waals surface area contributed by atoms with Gasteiger partial charge in [0, 0.05) is 13.1 Å². The van der Waals surface area contributed by atoms with Crippen LogP contribution < -0.4 is 5.32 Å². The summed E-state index contributed by atoms with van der Waals surface area (Å²) in [5.41, 5.74) is 2.35. The highest BCUT2D eigenvalue weighted by Crippen LogP contribution is 2.22. The molecule has 0 unspecified atom stereocenters. The van der Waals surface area contributed by atoms with E-state index in [0.29, 0.717) is 13.1 Å². The van der Waals surface area contributed by atoms with Gasteiger partial charge in [-0.15, -0.1) is 0 Å². The first-order valence-electron chi connectivity index (χ1n) is 5.90. The molecule has 0 radical (unpaired) electrons. The van der Waals surface area contributed by atoms with Crippen molar-refractivity contribution in [2.75, 3.05) is 0 Å². The minimum absolute atomic E-state index is 0.0681. The Kier molecular flexibility index (Phi) is 3.46. The molecule has 1 atom stereocenters. The quantitative estimate of drug-likeness (QED) is 0.813. The monoisotopic (exact) mass is 244 g/mol. The molecule has 0 bridgehead atoms. The van der Waals surface area contributed by atoms with Crippen molar-refractivity contribution in [1.29, 1.82) is 0 Å². The van der Waals surface area contributed by atoms with E-state index >= 15 is 0 Å². The zero-order chi connectivity index (χ0) is 13.1. The summed E-state index contributed by atoms with van der Waals surface area (Å²) in [6.07, 6.45) is 1.17. The Labute approximate surface area is 106 Å². The third kappa shape index (κ3) is 2.42. The van der Waals surface area contributed by atoms with Crippen LogP contribution in [0.3, 0.4) is 0 Å². The number of fused-ring (bicyclic) bond motifs is 1. The predicted octanol–water partition coefficient (Wildman–Crippen LogP) is 1.22. The molecule has 18 heavy (non-hydrogen) atoms. The summed E-state index contributed by atoms with van der Waals surface area (Å²) in [7, 11) is 0. The fourth-order valence-corrected chi connectivity index (χ4v) is 2.10. The summed E-state index contributed by atoms with van der Waals surface area (Å²) < 4.78 is 0. The number of carbonyl (C=O) groups excluding carboxylic acids is 2. The van der Waals surface area contributed by atoms with Crippen LogP contribution in [0.1, 0.15) is 18.1 Å². The number of amides is 2. The number of nitrogens with zero attached hydrogens (tertiary/aromatic N) is 1. The molecule has 2 amide bonds. The second kappa shape index (κ2) is 5.04. The van der Waals surface area contributed by atoms with Gasteiger partial charge in [-0.05, 0) is 24.1 Å². The van der Waals surface area contributed by atoms with Crippen LogP contribution in [0, 0.1) is 0 Å². The van der Waals surface area contributed by atoms with Crippen molar-refractivity contribution < 1.29 is 9.59 Å². The molecular weight excluding hydrogens is 228 g/mol. The maximum atomic E-state index is 12.1. The average Bonchev–Trinajstić information content (AvgIpc) is 2.81. The van der Waals surface area contributed by atoms with Gasteiger partial charge in [-0.3, -0.25) is 9.59 Å². The number of nitrogens with one attached hydrogen (secondary N) is 1. The van der Waals surface area contributed by atoms with E-state index in [-0.39, 0.29) is 11.8 Å². The van der Waals surface area contributed by atoms with E-state index in [2.05, 4.69) is 11.9 Å². The van der Waals surface area contributed by atoms with Crippen LogP contribution in [-0.4, -0.2) is 22.8 Å². The van der Waals surface area contributed by atoms with Crippen molar-refractivity contribution in [1.82, 2.24) is 10.2 Å². The lowest BCUT2D eigenvalue weighted by molar-refractivity contribution is -0.135. The first kappa shape index (κ1) is 12.4. The summed E-state index contributed by atoms with van der Waals surface area (Å²) in [5.74, 6) is -0.394. The third-order valence-corrected chi connectivity index (χ3v) is 3.07. The predicted molar refractivity (Wildman–Crippen MR) is 68.5 cm³/mol.